The van der Waals surface area contributed by atoms with Crippen LogP contribution in [0.5, 0.6) is 5.75 Å². The predicted molar refractivity (Wildman–Crippen MR) is 149 cm³/mol. The second-order valence-electron chi connectivity index (χ2n) is 9.85. The van der Waals surface area contributed by atoms with Crippen molar-refractivity contribution in [3.05, 3.63) is 59.4 Å². The minimum Gasteiger partial charge on any atom is -0.482 e. The molecule has 8 nitrogen and oxygen atoms in total. The number of carbonyl (C=O) groups excluding carboxylic acids is 2. The number of benzene rings is 2. The van der Waals surface area contributed by atoms with Gasteiger partial charge in [-0.25, -0.2) is 0 Å². The highest BCUT2D eigenvalue weighted by Crippen LogP contribution is 2.31. The van der Waals surface area contributed by atoms with Crippen LogP contribution in [-0.2, 0) is 16.1 Å². The summed E-state index contributed by atoms with van der Waals surface area (Å²) in [6.45, 7) is 14.6. The van der Waals surface area contributed by atoms with E-state index in [4.69, 9.17) is 4.74 Å². The second-order valence-corrected chi connectivity index (χ2v) is 10.8. The zero-order valence-electron chi connectivity index (χ0n) is 22.7. The van der Waals surface area contributed by atoms with Gasteiger partial charge in [-0.05, 0) is 55.0 Å². The quantitative estimate of drug-likeness (QED) is 0.291. The summed E-state index contributed by atoms with van der Waals surface area (Å²) in [5.41, 5.74) is 3.36. The first-order valence-corrected chi connectivity index (χ1v) is 13.5. The summed E-state index contributed by atoms with van der Waals surface area (Å²) < 4.78 is 8.39. The molecule has 0 fully saturated rings. The summed E-state index contributed by atoms with van der Waals surface area (Å²) >= 11 is 1.34. The Morgan fingerprint density at radius 3 is 2.43 bits per heavy atom. The monoisotopic (exact) mass is 523 g/mol. The van der Waals surface area contributed by atoms with Gasteiger partial charge in [0.15, 0.2) is 17.1 Å². The second kappa shape index (κ2) is 12.8. The van der Waals surface area contributed by atoms with Crippen molar-refractivity contribution in [2.75, 3.05) is 16.4 Å². The van der Waals surface area contributed by atoms with Crippen LogP contribution in [0.25, 0.3) is 0 Å². The van der Waals surface area contributed by atoms with Crippen molar-refractivity contribution < 1.29 is 14.3 Å². The number of nitrogens with one attached hydrogen (secondary N) is 2. The maximum absolute atomic E-state index is 12.7. The maximum Gasteiger partial charge on any atom is 0.234 e. The number of para-hydroxylation sites is 1. The molecule has 1 atom stereocenters. The Bertz CT molecular complexity index is 1240. The van der Waals surface area contributed by atoms with E-state index >= 15 is 0 Å². The van der Waals surface area contributed by atoms with Gasteiger partial charge in [-0.15, -0.1) is 10.2 Å². The zero-order chi connectivity index (χ0) is 27.1. The number of nitrogens with zero attached hydrogens (tertiary/aromatic N) is 3. The van der Waals surface area contributed by atoms with E-state index < -0.39 is 0 Å². The lowest BCUT2D eigenvalue weighted by Crippen LogP contribution is -2.17. The summed E-state index contributed by atoms with van der Waals surface area (Å²) in [6.07, 6.45) is -0.311. The highest BCUT2D eigenvalue weighted by Gasteiger charge is 2.22. The smallest absolute Gasteiger partial charge is 0.234 e. The highest BCUT2D eigenvalue weighted by molar-refractivity contribution is 7.99. The fourth-order valence-corrected chi connectivity index (χ4v) is 4.66. The van der Waals surface area contributed by atoms with Crippen LogP contribution in [0.4, 0.5) is 11.4 Å². The molecule has 198 valence electrons. The van der Waals surface area contributed by atoms with Gasteiger partial charge in [0.2, 0.25) is 11.8 Å². The lowest BCUT2D eigenvalue weighted by Gasteiger charge is -2.20. The van der Waals surface area contributed by atoms with Crippen molar-refractivity contribution in [2.45, 2.75) is 72.2 Å². The molecule has 1 unspecified atom stereocenters. The van der Waals surface area contributed by atoms with Crippen molar-refractivity contribution in [1.82, 2.24) is 14.8 Å². The first-order valence-electron chi connectivity index (χ1n) is 12.5. The van der Waals surface area contributed by atoms with Gasteiger partial charge in [0.25, 0.3) is 0 Å². The normalized spacial score (nSPS) is 12.0. The van der Waals surface area contributed by atoms with E-state index in [2.05, 4.69) is 54.6 Å². The van der Waals surface area contributed by atoms with E-state index in [9.17, 15) is 9.59 Å². The molecule has 2 N–H and O–H groups in total. The lowest BCUT2D eigenvalue weighted by atomic mass is 10.0. The summed E-state index contributed by atoms with van der Waals surface area (Å²) in [4.78, 5) is 24.2. The Hall–Kier alpha value is -3.33. The van der Waals surface area contributed by atoms with Crippen LogP contribution in [0.3, 0.4) is 0 Å². The maximum atomic E-state index is 12.7. The van der Waals surface area contributed by atoms with Gasteiger partial charge < -0.3 is 19.9 Å². The van der Waals surface area contributed by atoms with Gasteiger partial charge in [-0.1, -0.05) is 63.7 Å². The van der Waals surface area contributed by atoms with Crippen LogP contribution in [-0.4, -0.2) is 32.3 Å². The van der Waals surface area contributed by atoms with E-state index in [0.717, 1.165) is 22.7 Å². The van der Waals surface area contributed by atoms with Gasteiger partial charge in [0.05, 0.1) is 5.75 Å². The SMILES string of the molecule is CC(=O)Nc1cc(NC(=O)CSc2nnc(C(C)Oc3ccccc3C(C)C)n2CC(C)C)ccc1C. The molecule has 0 radical (unpaired) electrons. The number of hydrogen-bond donors (Lipinski definition) is 2. The number of aromatic nitrogens is 3. The van der Waals surface area contributed by atoms with Gasteiger partial charge in [-0.3, -0.25) is 9.59 Å². The summed E-state index contributed by atoms with van der Waals surface area (Å²) in [5, 5.41) is 15.2. The third-order valence-electron chi connectivity index (χ3n) is 5.67. The standard InChI is InChI=1S/C28H37N5O3S/c1-17(2)15-33-27(20(6)36-25-11-9-8-10-23(25)18(3)4)31-32-28(33)37-16-26(35)30-22-13-12-19(5)24(14-22)29-21(7)34/h8-14,17-18,20H,15-16H2,1-7H3,(H,29,34)(H,30,35). The van der Waals surface area contributed by atoms with Crippen molar-refractivity contribution in [3.8, 4) is 5.75 Å². The molecule has 37 heavy (non-hydrogen) atoms. The molecule has 0 bridgehead atoms. The zero-order valence-corrected chi connectivity index (χ0v) is 23.5. The first-order chi connectivity index (χ1) is 17.5. The number of amides is 2. The van der Waals surface area contributed by atoms with Crippen LogP contribution in [0.2, 0.25) is 0 Å². The average Bonchev–Trinajstić information content (AvgIpc) is 3.21. The molecule has 2 aromatic carbocycles. The van der Waals surface area contributed by atoms with Crippen LogP contribution >= 0.6 is 11.8 Å². The Morgan fingerprint density at radius 2 is 1.76 bits per heavy atom. The molecule has 2 amide bonds. The molecule has 0 aliphatic carbocycles. The van der Waals surface area contributed by atoms with Crippen LogP contribution in [0, 0.1) is 12.8 Å². The summed E-state index contributed by atoms with van der Waals surface area (Å²) in [7, 11) is 0. The molecule has 3 aromatic rings. The molecule has 3 rings (SSSR count). The Morgan fingerprint density at radius 1 is 1.03 bits per heavy atom. The summed E-state index contributed by atoms with van der Waals surface area (Å²) in [5.74, 6) is 2.11. The lowest BCUT2D eigenvalue weighted by molar-refractivity contribution is -0.114. The number of hydrogen-bond acceptors (Lipinski definition) is 6. The van der Waals surface area contributed by atoms with E-state index in [1.165, 1.54) is 18.7 Å². The van der Waals surface area contributed by atoms with Gasteiger partial charge in [-0.2, -0.15) is 0 Å². The molecule has 1 heterocycles. The molecule has 0 spiro atoms. The molecule has 0 aliphatic heterocycles. The van der Waals surface area contributed by atoms with Crippen LogP contribution in [0.1, 0.15) is 70.5 Å². The Balaban J connectivity index is 1.72. The number of thioether (sulfide) groups is 1. The van der Waals surface area contributed by atoms with Gasteiger partial charge in [0, 0.05) is 24.8 Å². The largest absolute Gasteiger partial charge is 0.482 e. The number of carbonyl (C=O) groups is 2. The van der Waals surface area contributed by atoms with E-state index in [1.54, 1.807) is 6.07 Å². The Kier molecular flexibility index (Phi) is 9.74. The minimum absolute atomic E-state index is 0.159. The average molecular weight is 524 g/mol. The van der Waals surface area contributed by atoms with Crippen molar-refractivity contribution in [1.29, 1.82) is 0 Å². The number of anilines is 2. The van der Waals surface area contributed by atoms with Crippen molar-refractivity contribution in [2.24, 2.45) is 5.92 Å². The number of ether oxygens (including phenoxy) is 1. The first kappa shape index (κ1) is 28.2. The van der Waals surface area contributed by atoms with Crippen molar-refractivity contribution >= 4 is 35.0 Å². The third kappa shape index (κ3) is 7.82. The van der Waals surface area contributed by atoms with E-state index in [-0.39, 0.29) is 23.7 Å². The topological polar surface area (TPSA) is 98.1 Å². The van der Waals surface area contributed by atoms with Crippen LogP contribution in [0.15, 0.2) is 47.6 Å². The van der Waals surface area contributed by atoms with Crippen LogP contribution < -0.4 is 15.4 Å². The summed E-state index contributed by atoms with van der Waals surface area (Å²) in [6, 6.07) is 13.5. The van der Waals surface area contributed by atoms with Gasteiger partial charge >= 0.3 is 0 Å². The predicted octanol–water partition coefficient (Wildman–Crippen LogP) is 6.20. The fraction of sp³-hybridized carbons (Fsp3) is 0.429. The minimum atomic E-state index is -0.311. The molecular weight excluding hydrogens is 486 g/mol. The fourth-order valence-electron chi connectivity index (χ4n) is 3.90. The highest BCUT2D eigenvalue weighted by atomic mass is 32.2. The molecular formula is C28H37N5O3S. The number of aryl methyl sites for hydroxylation is 1. The molecule has 1 aromatic heterocycles. The Labute approximate surface area is 223 Å². The van der Waals surface area contributed by atoms with E-state index in [1.807, 2.05) is 48.7 Å². The van der Waals surface area contributed by atoms with E-state index in [0.29, 0.717) is 34.9 Å². The molecule has 0 aliphatic rings. The molecule has 9 heteroatoms. The van der Waals surface area contributed by atoms with Gasteiger partial charge in [0.1, 0.15) is 5.75 Å². The number of rotatable bonds is 11. The van der Waals surface area contributed by atoms with Crippen molar-refractivity contribution in [3.63, 3.8) is 0 Å². The third-order valence-corrected chi connectivity index (χ3v) is 6.63. The molecule has 0 saturated carbocycles. The molecule has 0 saturated heterocycles.